The van der Waals surface area contributed by atoms with Crippen LogP contribution in [0.3, 0.4) is 0 Å². The minimum atomic E-state index is -4.47. The molecule has 0 bridgehead atoms. The summed E-state index contributed by atoms with van der Waals surface area (Å²) >= 11 is 0. The van der Waals surface area contributed by atoms with Gasteiger partial charge in [-0.2, -0.15) is 13.2 Å². The second-order valence-corrected chi connectivity index (χ2v) is 10.1. The number of hydrogen-bond donors (Lipinski definition) is 2. The summed E-state index contributed by atoms with van der Waals surface area (Å²) in [7, 11) is 1.73. The molecule has 2 aromatic carbocycles. The molecule has 6 rings (SSSR count). The third-order valence-corrected chi connectivity index (χ3v) is 7.33. The first kappa shape index (κ1) is 26.4. The number of nitrogens with zero attached hydrogens (tertiary/aromatic N) is 4. The van der Waals surface area contributed by atoms with Gasteiger partial charge in [-0.25, -0.2) is 14.4 Å². The van der Waals surface area contributed by atoms with E-state index in [0.29, 0.717) is 29.2 Å². The van der Waals surface area contributed by atoms with Gasteiger partial charge in [-0.3, -0.25) is 9.59 Å². The van der Waals surface area contributed by atoms with Crippen LogP contribution in [0, 0.1) is 5.82 Å². The first-order valence-corrected chi connectivity index (χ1v) is 12.6. The standard InChI is InChI=1S/C28H22F4N6O3/c1-38-14-19-18(25(38)40)3-2-4-21(19)35-26-33-12-17(13-34-26)15-5-6-16(20(29)9-15)10-24(39)36-23-11-22(41-37-23)27(7-8-27)28(30,31)32/h2-6,9,11-13H,7-8,10,14H2,1H3,(H,33,34,35)(H,36,37,39). The summed E-state index contributed by atoms with van der Waals surface area (Å²) in [6.07, 6.45) is -2.00. The van der Waals surface area contributed by atoms with Gasteiger partial charge in [0.1, 0.15) is 11.2 Å². The molecule has 3 heterocycles. The fraction of sp³-hybridized carbons (Fsp3) is 0.250. The van der Waals surface area contributed by atoms with Crippen LogP contribution >= 0.6 is 0 Å². The first-order valence-electron chi connectivity index (χ1n) is 12.6. The Labute approximate surface area is 230 Å². The molecule has 2 amide bonds. The number of anilines is 3. The van der Waals surface area contributed by atoms with Crippen LogP contribution in [-0.4, -0.2) is 45.1 Å². The molecule has 0 saturated heterocycles. The Morgan fingerprint density at radius 1 is 1.10 bits per heavy atom. The van der Waals surface area contributed by atoms with E-state index in [1.54, 1.807) is 30.1 Å². The van der Waals surface area contributed by atoms with E-state index in [1.807, 2.05) is 6.07 Å². The van der Waals surface area contributed by atoms with Gasteiger partial charge in [-0.1, -0.05) is 23.4 Å². The van der Waals surface area contributed by atoms with Crippen molar-refractivity contribution >= 4 is 29.3 Å². The second-order valence-electron chi connectivity index (χ2n) is 10.1. The number of carbonyl (C=O) groups excluding carboxylic acids is 2. The van der Waals surface area contributed by atoms with E-state index in [0.717, 1.165) is 17.3 Å². The number of rotatable bonds is 7. The van der Waals surface area contributed by atoms with Gasteiger partial charge in [-0.15, -0.1) is 0 Å². The Hall–Kier alpha value is -4.81. The zero-order valence-electron chi connectivity index (χ0n) is 21.6. The summed E-state index contributed by atoms with van der Waals surface area (Å²) in [6, 6.07) is 10.7. The smallest absolute Gasteiger partial charge is 0.358 e. The van der Waals surface area contributed by atoms with Crippen LogP contribution in [0.25, 0.3) is 11.1 Å². The topological polar surface area (TPSA) is 113 Å². The number of nitrogens with one attached hydrogen (secondary N) is 2. The molecule has 0 radical (unpaired) electrons. The SMILES string of the molecule is CN1Cc2c(Nc3ncc(-c4ccc(CC(=O)Nc5cc(C6(C(F)(F)F)CC6)on5)c(F)c4)cn3)cccc2C1=O. The maximum atomic E-state index is 14.9. The summed E-state index contributed by atoms with van der Waals surface area (Å²) in [6.45, 7) is 0.470. The highest BCUT2D eigenvalue weighted by Gasteiger charge is 2.66. The van der Waals surface area contributed by atoms with Gasteiger partial charge < -0.3 is 20.1 Å². The van der Waals surface area contributed by atoms with Crippen LogP contribution in [0.15, 0.2) is 59.4 Å². The van der Waals surface area contributed by atoms with Gasteiger partial charge in [0.05, 0.1) is 6.42 Å². The van der Waals surface area contributed by atoms with E-state index in [4.69, 9.17) is 4.52 Å². The van der Waals surface area contributed by atoms with Gasteiger partial charge in [0.25, 0.3) is 5.91 Å². The minimum Gasteiger partial charge on any atom is -0.358 e. The van der Waals surface area contributed by atoms with Gasteiger partial charge in [0.2, 0.25) is 11.9 Å². The third kappa shape index (κ3) is 4.87. The summed E-state index contributed by atoms with van der Waals surface area (Å²) < 4.78 is 59.5. The molecule has 9 nitrogen and oxygen atoms in total. The molecule has 1 aliphatic carbocycles. The molecule has 1 aliphatic heterocycles. The van der Waals surface area contributed by atoms with Crippen molar-refractivity contribution in [2.75, 3.05) is 17.7 Å². The van der Waals surface area contributed by atoms with Crippen LogP contribution in [0.4, 0.5) is 35.0 Å². The molecule has 1 fully saturated rings. The van der Waals surface area contributed by atoms with Crippen molar-refractivity contribution in [1.82, 2.24) is 20.0 Å². The van der Waals surface area contributed by atoms with Crippen LogP contribution < -0.4 is 10.6 Å². The van der Waals surface area contributed by atoms with Crippen molar-refractivity contribution < 1.29 is 31.7 Å². The molecule has 4 aromatic rings. The zero-order chi connectivity index (χ0) is 28.9. The highest BCUT2D eigenvalue weighted by molar-refractivity contribution is 6.00. The molecule has 1 saturated carbocycles. The van der Waals surface area contributed by atoms with E-state index >= 15 is 0 Å². The fourth-order valence-electron chi connectivity index (χ4n) is 4.84. The van der Waals surface area contributed by atoms with Gasteiger partial charge in [0.15, 0.2) is 11.6 Å². The Balaban J connectivity index is 1.10. The van der Waals surface area contributed by atoms with E-state index in [9.17, 15) is 27.2 Å². The molecule has 0 unspecified atom stereocenters. The molecule has 13 heteroatoms. The van der Waals surface area contributed by atoms with Crippen molar-refractivity contribution in [2.45, 2.75) is 37.4 Å². The van der Waals surface area contributed by atoms with Crippen molar-refractivity contribution in [1.29, 1.82) is 0 Å². The average Bonchev–Trinajstić information content (AvgIpc) is 3.55. The Morgan fingerprint density at radius 2 is 1.85 bits per heavy atom. The van der Waals surface area contributed by atoms with Crippen LogP contribution in [0.2, 0.25) is 0 Å². The first-order chi connectivity index (χ1) is 19.5. The summed E-state index contributed by atoms with van der Waals surface area (Å²) in [5.41, 5.74) is 1.24. The van der Waals surface area contributed by atoms with Crippen molar-refractivity contribution in [3.63, 3.8) is 0 Å². The monoisotopic (exact) mass is 566 g/mol. The number of alkyl halides is 3. The van der Waals surface area contributed by atoms with E-state index in [-0.39, 0.29) is 42.3 Å². The predicted octanol–water partition coefficient (Wildman–Crippen LogP) is 5.38. The number of benzene rings is 2. The molecule has 2 aromatic heterocycles. The summed E-state index contributed by atoms with van der Waals surface area (Å²) in [5.74, 6) is -1.58. The fourth-order valence-corrected chi connectivity index (χ4v) is 4.84. The van der Waals surface area contributed by atoms with Crippen LogP contribution in [-0.2, 0) is 23.2 Å². The highest BCUT2D eigenvalue weighted by Crippen LogP contribution is 2.59. The maximum absolute atomic E-state index is 14.9. The van der Waals surface area contributed by atoms with Gasteiger partial charge in [0, 0.05) is 54.4 Å². The molecule has 0 atom stereocenters. The lowest BCUT2D eigenvalue weighted by Gasteiger charge is -2.14. The van der Waals surface area contributed by atoms with E-state index in [2.05, 4.69) is 25.8 Å². The molecule has 2 aliphatic rings. The van der Waals surface area contributed by atoms with Crippen molar-refractivity contribution in [2.24, 2.45) is 0 Å². The predicted molar refractivity (Wildman–Crippen MR) is 139 cm³/mol. The van der Waals surface area contributed by atoms with Crippen LogP contribution in [0.1, 0.15) is 40.1 Å². The average molecular weight is 567 g/mol. The lowest BCUT2D eigenvalue weighted by atomic mass is 10.0. The normalized spacial score (nSPS) is 15.5. The molecular formula is C28H22F4N6O3. The zero-order valence-corrected chi connectivity index (χ0v) is 21.6. The highest BCUT2D eigenvalue weighted by atomic mass is 19.4. The summed E-state index contributed by atoms with van der Waals surface area (Å²) in [5, 5.41) is 8.99. The number of fused-ring (bicyclic) bond motifs is 1. The number of carbonyl (C=O) groups is 2. The number of halogens is 4. The Morgan fingerprint density at radius 3 is 2.54 bits per heavy atom. The minimum absolute atomic E-state index is 0.0532. The Kier molecular flexibility index (Phi) is 6.24. The Bertz CT molecular complexity index is 1660. The summed E-state index contributed by atoms with van der Waals surface area (Å²) in [4.78, 5) is 34.9. The molecule has 2 N–H and O–H groups in total. The largest absolute Gasteiger partial charge is 0.401 e. The van der Waals surface area contributed by atoms with Crippen LogP contribution in [0.5, 0.6) is 0 Å². The number of aromatic nitrogens is 3. The van der Waals surface area contributed by atoms with Gasteiger partial charge >= 0.3 is 6.18 Å². The van der Waals surface area contributed by atoms with Crippen molar-refractivity contribution in [3.8, 4) is 11.1 Å². The molecule has 210 valence electrons. The van der Waals surface area contributed by atoms with E-state index in [1.165, 1.54) is 24.5 Å². The lowest BCUT2D eigenvalue weighted by molar-refractivity contribution is -0.165. The van der Waals surface area contributed by atoms with Crippen molar-refractivity contribution in [3.05, 3.63) is 83.1 Å². The third-order valence-electron chi connectivity index (χ3n) is 7.33. The lowest BCUT2D eigenvalue weighted by Crippen LogP contribution is -2.28. The van der Waals surface area contributed by atoms with Gasteiger partial charge in [-0.05, 0) is 42.2 Å². The second kappa shape index (κ2) is 9.68. The number of amides is 2. The molecule has 41 heavy (non-hydrogen) atoms. The molecule has 0 spiro atoms. The number of hydrogen-bond acceptors (Lipinski definition) is 7. The quantitative estimate of drug-likeness (QED) is 0.289. The van der Waals surface area contributed by atoms with E-state index < -0.39 is 23.3 Å². The maximum Gasteiger partial charge on any atom is 0.401 e. The molecular weight excluding hydrogens is 544 g/mol.